The van der Waals surface area contributed by atoms with Gasteiger partial charge in [-0.05, 0) is 66.1 Å². The van der Waals surface area contributed by atoms with E-state index in [9.17, 15) is 0 Å². The SMILES string of the molecule is CCCNC(COC(C)C)C(C)(CC)N1CCCC1. The highest BCUT2D eigenvalue weighted by Gasteiger charge is 2.39. The zero-order chi connectivity index (χ0) is 14.3. The molecule has 1 N–H and O–H groups in total. The Kier molecular flexibility index (Phi) is 7.33. The smallest absolute Gasteiger partial charge is 0.0641 e. The number of rotatable bonds is 9. The van der Waals surface area contributed by atoms with Crippen LogP contribution in [0.15, 0.2) is 0 Å². The lowest BCUT2D eigenvalue weighted by molar-refractivity contribution is 0.00253. The first-order valence-corrected chi connectivity index (χ1v) is 8.14. The molecular weight excluding hydrogens is 236 g/mol. The molecule has 2 unspecified atom stereocenters. The van der Waals surface area contributed by atoms with Gasteiger partial charge in [0, 0.05) is 11.6 Å². The second kappa shape index (κ2) is 8.23. The van der Waals surface area contributed by atoms with Crippen LogP contribution in [0.25, 0.3) is 0 Å². The summed E-state index contributed by atoms with van der Waals surface area (Å²) in [5.74, 6) is 0. The molecule has 0 amide bonds. The molecule has 1 saturated heterocycles. The van der Waals surface area contributed by atoms with Gasteiger partial charge in [0.1, 0.15) is 0 Å². The van der Waals surface area contributed by atoms with Crippen LogP contribution in [-0.4, -0.2) is 48.8 Å². The van der Waals surface area contributed by atoms with E-state index in [0.717, 1.165) is 13.2 Å². The lowest BCUT2D eigenvalue weighted by Crippen LogP contribution is -2.60. The van der Waals surface area contributed by atoms with E-state index in [0.29, 0.717) is 12.1 Å². The maximum atomic E-state index is 5.92. The number of nitrogens with one attached hydrogen (secondary N) is 1. The maximum Gasteiger partial charge on any atom is 0.0641 e. The second-order valence-corrected chi connectivity index (χ2v) is 6.29. The van der Waals surface area contributed by atoms with Crippen LogP contribution in [0.5, 0.6) is 0 Å². The molecule has 1 rings (SSSR count). The third-order valence-corrected chi connectivity index (χ3v) is 4.53. The highest BCUT2D eigenvalue weighted by molar-refractivity contribution is 4.98. The molecule has 3 heteroatoms. The van der Waals surface area contributed by atoms with Crippen molar-refractivity contribution in [1.82, 2.24) is 10.2 Å². The zero-order valence-electron chi connectivity index (χ0n) is 13.7. The van der Waals surface area contributed by atoms with Gasteiger partial charge in [-0.15, -0.1) is 0 Å². The van der Waals surface area contributed by atoms with E-state index in [-0.39, 0.29) is 5.54 Å². The van der Waals surface area contributed by atoms with Crippen molar-refractivity contribution >= 4 is 0 Å². The number of ether oxygens (including phenoxy) is 1. The van der Waals surface area contributed by atoms with Crippen molar-refractivity contribution in [2.45, 2.75) is 78.0 Å². The monoisotopic (exact) mass is 270 g/mol. The Morgan fingerprint density at radius 1 is 1.21 bits per heavy atom. The summed E-state index contributed by atoms with van der Waals surface area (Å²) in [6.07, 6.45) is 5.36. The Hall–Kier alpha value is -0.120. The van der Waals surface area contributed by atoms with Crippen LogP contribution in [0.2, 0.25) is 0 Å². The summed E-state index contributed by atoms with van der Waals surface area (Å²) in [4.78, 5) is 2.67. The number of hydrogen-bond donors (Lipinski definition) is 1. The minimum absolute atomic E-state index is 0.223. The van der Waals surface area contributed by atoms with Gasteiger partial charge in [0.15, 0.2) is 0 Å². The molecule has 0 aromatic heterocycles. The summed E-state index contributed by atoms with van der Waals surface area (Å²) in [5.41, 5.74) is 0.223. The highest BCUT2D eigenvalue weighted by atomic mass is 16.5. The molecule has 114 valence electrons. The average Bonchev–Trinajstić information content (AvgIpc) is 2.92. The first-order chi connectivity index (χ1) is 9.04. The molecule has 19 heavy (non-hydrogen) atoms. The van der Waals surface area contributed by atoms with Crippen molar-refractivity contribution in [1.29, 1.82) is 0 Å². The summed E-state index contributed by atoms with van der Waals surface area (Å²) in [7, 11) is 0. The molecule has 1 fully saturated rings. The molecule has 0 spiro atoms. The number of likely N-dealkylation sites (tertiary alicyclic amines) is 1. The van der Waals surface area contributed by atoms with Crippen molar-refractivity contribution in [3.63, 3.8) is 0 Å². The third kappa shape index (κ3) is 4.73. The van der Waals surface area contributed by atoms with E-state index in [1.807, 2.05) is 0 Å². The Morgan fingerprint density at radius 2 is 1.84 bits per heavy atom. The van der Waals surface area contributed by atoms with Crippen molar-refractivity contribution in [3.8, 4) is 0 Å². The van der Waals surface area contributed by atoms with Crippen LogP contribution in [0.1, 0.15) is 60.3 Å². The Morgan fingerprint density at radius 3 is 2.32 bits per heavy atom. The van der Waals surface area contributed by atoms with Crippen molar-refractivity contribution < 1.29 is 4.74 Å². The zero-order valence-corrected chi connectivity index (χ0v) is 13.7. The summed E-state index contributed by atoms with van der Waals surface area (Å²) in [5, 5.41) is 3.73. The predicted octanol–water partition coefficient (Wildman–Crippen LogP) is 3.04. The molecule has 0 aromatic rings. The first kappa shape index (κ1) is 16.9. The summed E-state index contributed by atoms with van der Waals surface area (Å²) in [6, 6.07) is 0.429. The van der Waals surface area contributed by atoms with E-state index in [4.69, 9.17) is 4.74 Å². The van der Waals surface area contributed by atoms with Crippen LogP contribution < -0.4 is 5.32 Å². The van der Waals surface area contributed by atoms with Crippen molar-refractivity contribution in [2.75, 3.05) is 26.2 Å². The van der Waals surface area contributed by atoms with Gasteiger partial charge in [-0.3, -0.25) is 4.90 Å². The minimum Gasteiger partial charge on any atom is -0.377 e. The number of nitrogens with zero attached hydrogens (tertiary/aromatic N) is 1. The largest absolute Gasteiger partial charge is 0.377 e. The molecule has 0 saturated carbocycles. The molecule has 0 aromatic carbocycles. The van der Waals surface area contributed by atoms with Gasteiger partial charge in [0.2, 0.25) is 0 Å². The lowest BCUT2D eigenvalue weighted by Gasteiger charge is -2.45. The lowest BCUT2D eigenvalue weighted by atomic mass is 9.87. The molecule has 0 radical (unpaired) electrons. The summed E-state index contributed by atoms with van der Waals surface area (Å²) < 4.78 is 5.92. The van der Waals surface area contributed by atoms with Crippen LogP contribution >= 0.6 is 0 Å². The fourth-order valence-electron chi connectivity index (χ4n) is 2.98. The quantitative estimate of drug-likeness (QED) is 0.697. The van der Waals surface area contributed by atoms with Gasteiger partial charge < -0.3 is 10.1 Å². The van der Waals surface area contributed by atoms with Gasteiger partial charge in [0.25, 0.3) is 0 Å². The Balaban J connectivity index is 2.71. The van der Waals surface area contributed by atoms with E-state index in [1.54, 1.807) is 0 Å². The maximum absolute atomic E-state index is 5.92. The molecule has 1 aliphatic rings. The fourth-order valence-corrected chi connectivity index (χ4v) is 2.98. The van der Waals surface area contributed by atoms with Gasteiger partial charge >= 0.3 is 0 Å². The normalized spacial score (nSPS) is 21.8. The van der Waals surface area contributed by atoms with Crippen LogP contribution in [0, 0.1) is 0 Å². The van der Waals surface area contributed by atoms with E-state index in [2.05, 4.69) is 44.8 Å². The van der Waals surface area contributed by atoms with Gasteiger partial charge in [-0.2, -0.15) is 0 Å². The molecule has 1 heterocycles. The van der Waals surface area contributed by atoms with Crippen molar-refractivity contribution in [3.05, 3.63) is 0 Å². The van der Waals surface area contributed by atoms with Crippen LogP contribution in [0.3, 0.4) is 0 Å². The first-order valence-electron chi connectivity index (χ1n) is 8.14. The van der Waals surface area contributed by atoms with E-state index < -0.39 is 0 Å². The fraction of sp³-hybridized carbons (Fsp3) is 1.00. The van der Waals surface area contributed by atoms with Crippen LogP contribution in [0.4, 0.5) is 0 Å². The molecule has 0 aliphatic carbocycles. The Labute approximate surface area is 120 Å². The number of hydrogen-bond acceptors (Lipinski definition) is 3. The van der Waals surface area contributed by atoms with E-state index in [1.165, 1.54) is 38.8 Å². The highest BCUT2D eigenvalue weighted by Crippen LogP contribution is 2.28. The minimum atomic E-state index is 0.223. The molecule has 1 aliphatic heterocycles. The standard InChI is InChI=1S/C16H34N2O/c1-6-10-17-15(13-19-14(3)4)16(5,7-2)18-11-8-9-12-18/h14-15,17H,6-13H2,1-5H3. The average molecular weight is 270 g/mol. The summed E-state index contributed by atoms with van der Waals surface area (Å²) in [6.45, 7) is 15.6. The molecule has 3 nitrogen and oxygen atoms in total. The Bertz CT molecular complexity index is 239. The molecule has 2 atom stereocenters. The molecule has 0 bridgehead atoms. The van der Waals surface area contributed by atoms with E-state index >= 15 is 0 Å². The van der Waals surface area contributed by atoms with Gasteiger partial charge in [-0.25, -0.2) is 0 Å². The third-order valence-electron chi connectivity index (χ3n) is 4.53. The topological polar surface area (TPSA) is 24.5 Å². The predicted molar refractivity (Wildman–Crippen MR) is 82.7 cm³/mol. The van der Waals surface area contributed by atoms with Gasteiger partial charge in [-0.1, -0.05) is 13.8 Å². The van der Waals surface area contributed by atoms with Crippen molar-refractivity contribution in [2.24, 2.45) is 0 Å². The van der Waals surface area contributed by atoms with Gasteiger partial charge in [0.05, 0.1) is 12.7 Å². The second-order valence-electron chi connectivity index (χ2n) is 6.29. The van der Waals surface area contributed by atoms with Crippen LogP contribution in [-0.2, 0) is 4.74 Å². The molecular formula is C16H34N2O. The summed E-state index contributed by atoms with van der Waals surface area (Å²) >= 11 is 0.